The third-order valence-corrected chi connectivity index (χ3v) is 3.84. The fourth-order valence-corrected chi connectivity index (χ4v) is 2.43. The number of methoxy groups -OCH3 is 3. The van der Waals surface area contributed by atoms with E-state index in [1.54, 1.807) is 30.3 Å². The molecular weight excluding hydrogens is 370 g/mol. The van der Waals surface area contributed by atoms with Gasteiger partial charge in [-0.1, -0.05) is 11.6 Å². The highest BCUT2D eigenvalue weighted by molar-refractivity contribution is 6.32. The van der Waals surface area contributed by atoms with Crippen LogP contribution in [-0.2, 0) is 4.79 Å². The molecule has 0 bridgehead atoms. The lowest BCUT2D eigenvalue weighted by atomic mass is 10.2. The molecular formula is C19H18ClN3O4. The van der Waals surface area contributed by atoms with Gasteiger partial charge in [0.05, 0.1) is 26.4 Å². The fraction of sp³-hybridized carbons (Fsp3) is 0.158. The summed E-state index contributed by atoms with van der Waals surface area (Å²) >= 11 is 6.03. The van der Waals surface area contributed by atoms with Gasteiger partial charge >= 0.3 is 0 Å². The second kappa shape index (κ2) is 9.36. The minimum atomic E-state index is -0.577. The van der Waals surface area contributed by atoms with Crippen molar-refractivity contribution in [2.75, 3.05) is 32.0 Å². The summed E-state index contributed by atoms with van der Waals surface area (Å²) in [4.78, 5) is 12.3. The van der Waals surface area contributed by atoms with E-state index in [0.29, 0.717) is 33.6 Å². The number of benzene rings is 2. The van der Waals surface area contributed by atoms with Gasteiger partial charge in [0.1, 0.15) is 17.4 Å². The second-order valence-electron chi connectivity index (χ2n) is 5.19. The molecule has 0 saturated carbocycles. The van der Waals surface area contributed by atoms with Crippen LogP contribution < -0.4 is 24.8 Å². The van der Waals surface area contributed by atoms with Gasteiger partial charge in [0, 0.05) is 23.6 Å². The van der Waals surface area contributed by atoms with Crippen LogP contribution in [-0.4, -0.2) is 27.2 Å². The number of anilines is 2. The maximum atomic E-state index is 12.3. The van der Waals surface area contributed by atoms with Gasteiger partial charge in [-0.05, 0) is 30.3 Å². The Hall–Kier alpha value is -3.37. The summed E-state index contributed by atoms with van der Waals surface area (Å²) < 4.78 is 15.4. The number of carbonyl (C=O) groups excluding carboxylic acids is 1. The number of rotatable bonds is 7. The van der Waals surface area contributed by atoms with Crippen molar-refractivity contribution in [2.24, 2.45) is 0 Å². The van der Waals surface area contributed by atoms with Gasteiger partial charge < -0.3 is 24.8 Å². The van der Waals surface area contributed by atoms with E-state index in [2.05, 4.69) is 10.6 Å². The lowest BCUT2D eigenvalue weighted by Gasteiger charge is -2.10. The van der Waals surface area contributed by atoms with Gasteiger partial charge in [0.2, 0.25) is 0 Å². The monoisotopic (exact) mass is 387 g/mol. The quantitative estimate of drug-likeness (QED) is 0.554. The van der Waals surface area contributed by atoms with Crippen LogP contribution in [0.4, 0.5) is 11.4 Å². The Morgan fingerprint density at radius 1 is 1.00 bits per heavy atom. The van der Waals surface area contributed by atoms with Crippen LogP contribution in [0, 0.1) is 11.3 Å². The summed E-state index contributed by atoms with van der Waals surface area (Å²) in [5, 5.41) is 15.1. The molecule has 0 unspecified atom stereocenters. The van der Waals surface area contributed by atoms with Crippen LogP contribution in [0.3, 0.4) is 0 Å². The Kier molecular flexibility index (Phi) is 6.92. The largest absolute Gasteiger partial charge is 0.495 e. The molecule has 0 fully saturated rings. The molecule has 7 nitrogen and oxygen atoms in total. The van der Waals surface area contributed by atoms with Crippen LogP contribution in [0.2, 0.25) is 5.02 Å². The summed E-state index contributed by atoms with van der Waals surface area (Å²) in [6.07, 6.45) is 1.31. The van der Waals surface area contributed by atoms with E-state index in [1.165, 1.54) is 33.6 Å². The zero-order valence-corrected chi connectivity index (χ0v) is 15.8. The Bertz CT molecular complexity index is 906. The molecule has 2 N–H and O–H groups in total. The van der Waals surface area contributed by atoms with Gasteiger partial charge in [-0.3, -0.25) is 4.79 Å². The highest BCUT2D eigenvalue weighted by Crippen LogP contribution is 2.30. The topological polar surface area (TPSA) is 92.6 Å². The Morgan fingerprint density at radius 2 is 1.63 bits per heavy atom. The molecule has 8 heteroatoms. The molecule has 2 aromatic rings. The highest BCUT2D eigenvalue weighted by atomic mass is 35.5. The molecule has 0 heterocycles. The van der Waals surface area contributed by atoms with Crippen LogP contribution in [0.25, 0.3) is 0 Å². The molecule has 0 aromatic heterocycles. The molecule has 2 aromatic carbocycles. The molecule has 0 aliphatic heterocycles. The second-order valence-corrected chi connectivity index (χ2v) is 5.59. The van der Waals surface area contributed by atoms with E-state index in [1.807, 2.05) is 6.07 Å². The number of nitriles is 1. The molecule has 0 aliphatic rings. The molecule has 27 heavy (non-hydrogen) atoms. The number of ether oxygens (including phenoxy) is 3. The molecule has 0 spiro atoms. The van der Waals surface area contributed by atoms with Gasteiger partial charge in [0.25, 0.3) is 5.91 Å². The van der Waals surface area contributed by atoms with Crippen molar-refractivity contribution in [3.05, 3.63) is 53.2 Å². The van der Waals surface area contributed by atoms with Crippen molar-refractivity contribution in [2.45, 2.75) is 0 Å². The first-order valence-corrected chi connectivity index (χ1v) is 8.14. The van der Waals surface area contributed by atoms with Crippen molar-refractivity contribution in [3.8, 4) is 23.3 Å². The number of nitrogens with zero attached hydrogens (tertiary/aromatic N) is 1. The van der Waals surface area contributed by atoms with Gasteiger partial charge in [-0.2, -0.15) is 5.26 Å². The number of hydrogen-bond acceptors (Lipinski definition) is 6. The van der Waals surface area contributed by atoms with E-state index < -0.39 is 5.91 Å². The summed E-state index contributed by atoms with van der Waals surface area (Å²) in [5.74, 6) is 1.00. The summed E-state index contributed by atoms with van der Waals surface area (Å²) in [6.45, 7) is 0. The zero-order valence-electron chi connectivity index (χ0n) is 15.0. The van der Waals surface area contributed by atoms with E-state index in [9.17, 15) is 10.1 Å². The van der Waals surface area contributed by atoms with Crippen LogP contribution in [0.15, 0.2) is 48.2 Å². The third-order valence-electron chi connectivity index (χ3n) is 3.54. The normalized spacial score (nSPS) is 10.6. The molecule has 140 valence electrons. The predicted molar refractivity (Wildman–Crippen MR) is 103 cm³/mol. The van der Waals surface area contributed by atoms with E-state index in [4.69, 9.17) is 25.8 Å². The van der Waals surface area contributed by atoms with Crippen LogP contribution >= 0.6 is 11.6 Å². The SMILES string of the molecule is COc1ccc(NC(=O)/C(C#N)=C\Nc2ccc(OC)c(OC)c2)cc1Cl. The maximum Gasteiger partial charge on any atom is 0.267 e. The Morgan fingerprint density at radius 3 is 2.22 bits per heavy atom. The first-order valence-electron chi connectivity index (χ1n) is 7.76. The number of amides is 1. The van der Waals surface area contributed by atoms with Gasteiger partial charge in [-0.15, -0.1) is 0 Å². The number of nitrogens with one attached hydrogen (secondary N) is 2. The van der Waals surface area contributed by atoms with Crippen molar-refractivity contribution in [1.29, 1.82) is 5.26 Å². The average molecular weight is 388 g/mol. The smallest absolute Gasteiger partial charge is 0.267 e. The average Bonchev–Trinajstić information content (AvgIpc) is 2.68. The van der Waals surface area contributed by atoms with Gasteiger partial charge in [0.15, 0.2) is 11.5 Å². The molecule has 0 atom stereocenters. The fourth-order valence-electron chi connectivity index (χ4n) is 2.17. The zero-order chi connectivity index (χ0) is 19.8. The van der Waals surface area contributed by atoms with Crippen molar-refractivity contribution in [3.63, 3.8) is 0 Å². The minimum Gasteiger partial charge on any atom is -0.495 e. The molecule has 0 radical (unpaired) electrons. The lowest BCUT2D eigenvalue weighted by Crippen LogP contribution is -2.14. The maximum absolute atomic E-state index is 12.3. The van der Waals surface area contributed by atoms with E-state index in [0.717, 1.165) is 0 Å². The Balaban J connectivity index is 2.12. The van der Waals surface area contributed by atoms with Gasteiger partial charge in [-0.25, -0.2) is 0 Å². The summed E-state index contributed by atoms with van der Waals surface area (Å²) in [7, 11) is 4.55. The molecule has 0 aliphatic carbocycles. The number of halogens is 1. The first kappa shape index (κ1) is 19.9. The minimum absolute atomic E-state index is 0.114. The number of hydrogen-bond donors (Lipinski definition) is 2. The molecule has 1 amide bonds. The lowest BCUT2D eigenvalue weighted by molar-refractivity contribution is -0.112. The van der Waals surface area contributed by atoms with E-state index >= 15 is 0 Å². The van der Waals surface area contributed by atoms with Crippen LogP contribution in [0.1, 0.15) is 0 Å². The van der Waals surface area contributed by atoms with E-state index in [-0.39, 0.29) is 5.57 Å². The van der Waals surface area contributed by atoms with Crippen molar-refractivity contribution in [1.82, 2.24) is 0 Å². The standard InChI is InChI=1S/C19H18ClN3O4/c1-25-16-6-5-14(8-15(16)20)23-19(24)12(10-21)11-22-13-4-7-17(26-2)18(9-13)27-3/h4-9,11,22H,1-3H3,(H,23,24)/b12-11-. The van der Waals surface area contributed by atoms with Crippen LogP contribution in [0.5, 0.6) is 17.2 Å². The third kappa shape index (κ3) is 5.06. The highest BCUT2D eigenvalue weighted by Gasteiger charge is 2.11. The number of carbonyl (C=O) groups is 1. The summed E-state index contributed by atoms with van der Waals surface area (Å²) in [5.41, 5.74) is 0.954. The van der Waals surface area contributed by atoms with Crippen molar-refractivity contribution < 1.29 is 19.0 Å². The first-order chi connectivity index (χ1) is 13.0. The summed E-state index contributed by atoms with van der Waals surface area (Å²) in [6, 6.07) is 11.8. The molecule has 2 rings (SSSR count). The predicted octanol–water partition coefficient (Wildman–Crippen LogP) is 3.82. The Labute approximate surface area is 162 Å². The molecule has 0 saturated heterocycles. The van der Waals surface area contributed by atoms with Crippen molar-refractivity contribution >= 4 is 28.9 Å².